The van der Waals surface area contributed by atoms with Crippen molar-refractivity contribution in [3.05, 3.63) is 27.4 Å². The molecule has 10 nitrogen and oxygen atoms in total. The predicted octanol–water partition coefficient (Wildman–Crippen LogP) is 2.42. The van der Waals surface area contributed by atoms with Gasteiger partial charge in [-0.25, -0.2) is 17.8 Å². The van der Waals surface area contributed by atoms with E-state index in [4.69, 9.17) is 21.3 Å². The summed E-state index contributed by atoms with van der Waals surface area (Å²) in [4.78, 5) is 33.6. The number of alkyl halides is 2. The van der Waals surface area contributed by atoms with Gasteiger partial charge in [-0.15, -0.1) is 11.6 Å². The zero-order chi connectivity index (χ0) is 32.0. The highest BCUT2D eigenvalue weighted by Gasteiger charge is 2.52. The summed E-state index contributed by atoms with van der Waals surface area (Å²) in [5.74, 6) is 0.854. The van der Waals surface area contributed by atoms with E-state index in [0.29, 0.717) is 44.1 Å². The molecule has 1 aromatic heterocycles. The van der Waals surface area contributed by atoms with E-state index in [-0.39, 0.29) is 52.3 Å². The Balaban J connectivity index is 1.13. The van der Waals surface area contributed by atoms with Gasteiger partial charge in [0.2, 0.25) is 15.9 Å². The van der Waals surface area contributed by atoms with E-state index < -0.39 is 28.0 Å². The molecule has 252 valence electrons. The number of hydrogen-bond acceptors (Lipinski definition) is 9. The van der Waals surface area contributed by atoms with Crippen LogP contribution in [0.2, 0.25) is 0 Å². The van der Waals surface area contributed by atoms with Crippen molar-refractivity contribution in [2.75, 3.05) is 31.7 Å². The zero-order valence-electron chi connectivity index (χ0n) is 26.4. The number of nitrogens with zero attached hydrogens (tertiary/aromatic N) is 3. The molecule has 1 amide bonds. The number of piperidine rings is 1. The fraction of sp³-hybridized carbons (Fsp3) is 0.839. The van der Waals surface area contributed by atoms with E-state index in [1.165, 1.54) is 0 Å². The summed E-state index contributed by atoms with van der Waals surface area (Å²) in [6, 6.07) is 0.237. The first-order valence-corrected chi connectivity index (χ1v) is 19.9. The molecule has 45 heavy (non-hydrogen) atoms. The van der Waals surface area contributed by atoms with E-state index in [9.17, 15) is 22.4 Å². The predicted molar refractivity (Wildman–Crippen MR) is 174 cm³/mol. The average molecular weight is 688 g/mol. The molecule has 0 aromatic carbocycles. The lowest BCUT2D eigenvalue weighted by Crippen LogP contribution is -2.58. The Hall–Kier alpha value is -1.25. The average Bonchev–Trinajstić information content (AvgIpc) is 3.60. The molecule has 3 aliphatic heterocycles. The molecule has 3 saturated heterocycles. The third-order valence-corrected chi connectivity index (χ3v) is 13.3. The Labute approximate surface area is 275 Å². The van der Waals surface area contributed by atoms with Crippen LogP contribution in [0.1, 0.15) is 62.5 Å². The largest absolute Gasteiger partial charge is 0.376 e. The number of aromatic nitrogens is 2. The van der Waals surface area contributed by atoms with Crippen molar-refractivity contribution in [1.82, 2.24) is 24.5 Å². The maximum atomic E-state index is 13.9. The van der Waals surface area contributed by atoms with Gasteiger partial charge < -0.3 is 10.1 Å². The van der Waals surface area contributed by atoms with Crippen molar-refractivity contribution in [3.63, 3.8) is 0 Å². The number of hydrogen-bond donors (Lipinski definition) is 2. The van der Waals surface area contributed by atoms with Crippen molar-refractivity contribution in [3.8, 4) is 0 Å². The minimum Gasteiger partial charge on any atom is -0.376 e. The maximum absolute atomic E-state index is 13.9. The smallest absolute Gasteiger partial charge is 0.257 e. The van der Waals surface area contributed by atoms with Crippen LogP contribution in [0, 0.1) is 24.7 Å². The maximum Gasteiger partial charge on any atom is 0.257 e. The van der Waals surface area contributed by atoms with Gasteiger partial charge in [0.25, 0.3) is 5.56 Å². The number of thioether (sulfide) groups is 1. The number of ether oxygens (including phenoxy) is 1. The zero-order valence-corrected chi connectivity index (χ0v) is 28.8. The van der Waals surface area contributed by atoms with Crippen LogP contribution < -0.4 is 15.6 Å². The van der Waals surface area contributed by atoms with Crippen molar-refractivity contribution >= 4 is 39.3 Å². The summed E-state index contributed by atoms with van der Waals surface area (Å²) in [6.07, 6.45) is 6.50. The third kappa shape index (κ3) is 7.43. The van der Waals surface area contributed by atoms with E-state index >= 15 is 0 Å². The number of halogens is 2. The fourth-order valence-electron chi connectivity index (χ4n) is 8.64. The summed E-state index contributed by atoms with van der Waals surface area (Å²) in [5, 5.41) is 3.81. The van der Waals surface area contributed by atoms with Crippen LogP contribution in [0.15, 0.2) is 4.79 Å². The lowest BCUT2D eigenvalue weighted by molar-refractivity contribution is -0.123. The summed E-state index contributed by atoms with van der Waals surface area (Å²) in [6.45, 7) is 6.01. The quantitative estimate of drug-likeness (QED) is 0.397. The minimum atomic E-state index is -3.63. The molecule has 2 N–H and O–H groups in total. The van der Waals surface area contributed by atoms with Crippen LogP contribution in [0.5, 0.6) is 0 Å². The van der Waals surface area contributed by atoms with Crippen molar-refractivity contribution in [1.29, 1.82) is 0 Å². The molecule has 6 rings (SSSR count). The molecule has 10 atom stereocenters. The van der Waals surface area contributed by atoms with Crippen molar-refractivity contribution in [2.45, 2.75) is 113 Å². The topological polar surface area (TPSA) is 123 Å². The molecule has 5 aliphatic rings. The van der Waals surface area contributed by atoms with Crippen LogP contribution in [0.4, 0.5) is 4.39 Å². The SMILES string of the molecule is Cc1nc2c(c(=O)n1CCOC1CCC(Cl)CC1C1CC(C)NC3C(C(=O)NS(C)(=O)=O)CSC13)C[C@H](N1CC[C@@H](F)C1)CC2. The lowest BCUT2D eigenvalue weighted by atomic mass is 9.70. The summed E-state index contributed by atoms with van der Waals surface area (Å²) in [7, 11) is -3.63. The van der Waals surface area contributed by atoms with Gasteiger partial charge in [-0.1, -0.05) is 0 Å². The molecule has 0 spiro atoms. The van der Waals surface area contributed by atoms with Crippen LogP contribution in [-0.4, -0.2) is 102 Å². The minimum absolute atomic E-state index is 0.00130. The van der Waals surface area contributed by atoms with Crippen molar-refractivity contribution in [2.24, 2.45) is 17.8 Å². The Kier molecular flexibility index (Phi) is 10.2. The first-order valence-electron chi connectivity index (χ1n) is 16.5. The van der Waals surface area contributed by atoms with E-state index in [2.05, 4.69) is 21.9 Å². The number of likely N-dealkylation sites (tertiary alicyclic amines) is 1. The molecule has 2 aliphatic carbocycles. The molecule has 0 radical (unpaired) electrons. The molecule has 4 heterocycles. The van der Waals surface area contributed by atoms with Gasteiger partial charge in [0.15, 0.2) is 0 Å². The van der Waals surface area contributed by atoms with Gasteiger partial charge in [0.1, 0.15) is 12.0 Å². The first kappa shape index (κ1) is 33.6. The number of rotatable bonds is 8. The highest BCUT2D eigenvalue weighted by Crippen LogP contribution is 2.48. The van der Waals surface area contributed by atoms with E-state index in [1.807, 2.05) is 6.92 Å². The fourth-order valence-corrected chi connectivity index (χ4v) is 11.3. The Morgan fingerprint density at radius 3 is 2.76 bits per heavy atom. The summed E-state index contributed by atoms with van der Waals surface area (Å²) in [5.41, 5.74) is 1.65. The number of fused-ring (bicyclic) bond motifs is 2. The molecular formula is C31H47ClFN5O5S2. The van der Waals surface area contributed by atoms with Gasteiger partial charge in [0, 0.05) is 53.2 Å². The van der Waals surface area contributed by atoms with Crippen LogP contribution in [0.3, 0.4) is 0 Å². The van der Waals surface area contributed by atoms with Gasteiger partial charge in [-0.3, -0.25) is 23.8 Å². The van der Waals surface area contributed by atoms with E-state index in [0.717, 1.165) is 62.6 Å². The van der Waals surface area contributed by atoms with Gasteiger partial charge in [0.05, 0.1) is 37.1 Å². The van der Waals surface area contributed by atoms with Crippen LogP contribution in [-0.2, 0) is 38.9 Å². The number of amides is 1. The van der Waals surface area contributed by atoms with Crippen LogP contribution in [0.25, 0.3) is 0 Å². The second-order valence-electron chi connectivity index (χ2n) is 13.9. The number of carbonyl (C=O) groups excluding carboxylic acids is 1. The van der Waals surface area contributed by atoms with Gasteiger partial charge in [-0.2, -0.15) is 11.8 Å². The number of nitrogens with one attached hydrogen (secondary N) is 2. The monoisotopic (exact) mass is 687 g/mol. The van der Waals surface area contributed by atoms with Gasteiger partial charge in [-0.05, 0) is 77.0 Å². The lowest BCUT2D eigenvalue weighted by Gasteiger charge is -2.47. The highest BCUT2D eigenvalue weighted by atomic mass is 35.5. The van der Waals surface area contributed by atoms with Crippen LogP contribution >= 0.6 is 23.4 Å². The molecule has 0 bridgehead atoms. The molecular weight excluding hydrogens is 641 g/mol. The molecule has 8 unspecified atom stereocenters. The molecule has 1 saturated carbocycles. The first-order chi connectivity index (χ1) is 21.4. The summed E-state index contributed by atoms with van der Waals surface area (Å²) >= 11 is 8.49. The van der Waals surface area contributed by atoms with E-state index in [1.54, 1.807) is 16.3 Å². The second kappa shape index (κ2) is 13.7. The molecule has 14 heteroatoms. The second-order valence-corrected chi connectivity index (χ2v) is 17.5. The standard InChI is InChI=1S/C31H47ClFN5O5S2/c1-17-12-23(29-28(34-17)25(16-44-29)30(39)36-45(3,41)42)22-13-19(32)4-7-27(22)43-11-10-38-18(2)35-26-6-5-21(14-24(26)31(38)40)37-9-8-20(33)15-37/h17,19-23,25,27-29,34H,4-16H2,1-3H3,(H,36,39)/t17?,19?,20-,21-,22?,23?,25?,27?,28?,29?/m1/s1. The number of carbonyl (C=O) groups is 1. The number of aryl methyl sites for hydroxylation is 2. The molecule has 4 fully saturated rings. The Morgan fingerprint density at radius 1 is 1.22 bits per heavy atom. The normalized spacial score (nSPS) is 37.3. The summed E-state index contributed by atoms with van der Waals surface area (Å²) < 4.78 is 48.0. The van der Waals surface area contributed by atoms with Crippen molar-refractivity contribution < 1.29 is 22.3 Å². The Morgan fingerprint density at radius 2 is 2.02 bits per heavy atom. The molecule has 1 aromatic rings. The highest BCUT2D eigenvalue weighted by molar-refractivity contribution is 8.00. The van der Waals surface area contributed by atoms with Gasteiger partial charge >= 0.3 is 0 Å². The third-order valence-electron chi connectivity index (χ3n) is 10.7. The number of sulfonamides is 1. The Bertz CT molecular complexity index is 1430.